The molecule has 0 spiro atoms. The van der Waals surface area contributed by atoms with Crippen molar-refractivity contribution in [1.29, 1.82) is 10.5 Å². The molecular formula is C72H104CrF4N2O11. The van der Waals surface area contributed by atoms with Crippen molar-refractivity contribution in [3.05, 3.63) is 71.5 Å². The number of methoxy groups -OCH3 is 1. The van der Waals surface area contributed by atoms with Gasteiger partial charge < -0.3 is 24.5 Å². The van der Waals surface area contributed by atoms with Crippen LogP contribution in [0.5, 0.6) is 11.5 Å². The molecule has 8 fully saturated rings. The van der Waals surface area contributed by atoms with Gasteiger partial charge in [0.15, 0.2) is 0 Å². The summed E-state index contributed by atoms with van der Waals surface area (Å²) < 4.78 is 87.5. The van der Waals surface area contributed by atoms with Crippen molar-refractivity contribution in [2.24, 2.45) is 88.8 Å². The van der Waals surface area contributed by atoms with Gasteiger partial charge in [0, 0.05) is 43.0 Å². The minimum absolute atomic E-state index is 0.0380. The fourth-order valence-electron chi connectivity index (χ4n) is 16.6. The Morgan fingerprint density at radius 2 is 0.911 bits per heavy atom. The van der Waals surface area contributed by atoms with E-state index in [9.17, 15) is 36.7 Å². The van der Waals surface area contributed by atoms with E-state index in [4.69, 9.17) is 36.9 Å². The van der Waals surface area contributed by atoms with E-state index in [-0.39, 0.29) is 17.6 Å². The standard InChI is InChI=1S/C21H25F2NO2.C14H24O2.C14H24O.C13H22O.C7H3F2NO.C3H6O.Cr.3O/c1-2-3-13-4-5-15-9-16(7-6-14(15)8-13)21(25)26-17-10-19(22)18(12-24)20(23)11-17;1-2-3-10-4-5-12-9-13(14(15)16)7-6-11(12)8-10;1-2-3-11-4-6-14-9-12(10-15)5-7-13(14)8-11;1-2-3-10-4-5-12-9-13(14)7-6-11(12)8-10;8-6-1-4(11)2-7(9)5(6)3-10;1-3-4-2;;;;/h10-11,13-16H,2-9H2,1H3;10-13H,2-9H2,1H3,(H,15,16);10-14H,2-9H2,1H3;10-12H,2-9H2,1H3;1-2,11H;3H,1H2,2H3;;;;. The number of aromatic hydroxyl groups is 1. The zero-order valence-corrected chi connectivity index (χ0v) is 55.6. The van der Waals surface area contributed by atoms with Gasteiger partial charge in [0.1, 0.15) is 70.1 Å². The molecule has 0 aromatic heterocycles. The Balaban J connectivity index is 0.000000239. The van der Waals surface area contributed by atoms with E-state index >= 15 is 0 Å². The second-order valence-corrected chi connectivity index (χ2v) is 27.7. The number of carbonyl (C=O) groups is 4. The van der Waals surface area contributed by atoms with Gasteiger partial charge in [-0.2, -0.15) is 10.5 Å². The first-order valence-electron chi connectivity index (χ1n) is 33.9. The van der Waals surface area contributed by atoms with Crippen LogP contribution in [-0.2, 0) is 49.3 Å². The van der Waals surface area contributed by atoms with Crippen LogP contribution in [0.4, 0.5) is 17.6 Å². The monoisotopic (exact) mass is 1300 g/mol. The number of esters is 1. The van der Waals surface area contributed by atoms with E-state index in [1.807, 2.05) is 0 Å². The summed E-state index contributed by atoms with van der Waals surface area (Å²) in [6, 6.07) is 5.96. The first kappa shape index (κ1) is 77.1. The van der Waals surface area contributed by atoms with E-state index < -0.39 is 66.0 Å². The van der Waals surface area contributed by atoms with Gasteiger partial charge in [0.05, 0.1) is 25.2 Å². The third kappa shape index (κ3) is 26.0. The van der Waals surface area contributed by atoms with Crippen molar-refractivity contribution in [3.8, 4) is 23.6 Å². The molecule has 0 bridgehead atoms. The number of ether oxygens (including phenoxy) is 2. The van der Waals surface area contributed by atoms with E-state index in [2.05, 4.69) is 39.0 Å². The molecule has 18 heteroatoms. The zero-order chi connectivity index (χ0) is 66.3. The number of aliphatic carboxylic acids is 1. The summed E-state index contributed by atoms with van der Waals surface area (Å²) in [6.45, 7) is 12.3. The van der Waals surface area contributed by atoms with E-state index in [0.717, 1.165) is 116 Å². The molecular weight excluding hydrogens is 1200 g/mol. The minimum atomic E-state index is -3.79. The van der Waals surface area contributed by atoms with Crippen LogP contribution < -0.4 is 4.74 Å². The average molecular weight is 1300 g/mol. The van der Waals surface area contributed by atoms with Crippen LogP contribution in [0.15, 0.2) is 37.1 Å². The number of phenolic OH excluding ortho intramolecular Hbond substituents is 1. The summed E-state index contributed by atoms with van der Waals surface area (Å²) in [4.78, 5) is 45.6. The van der Waals surface area contributed by atoms with Crippen molar-refractivity contribution in [2.45, 2.75) is 233 Å². The number of hydrogen-bond acceptors (Lipinski definition) is 12. The fraction of sp³-hybridized carbons (Fsp3) is 0.722. The van der Waals surface area contributed by atoms with Crippen LogP contribution in [0, 0.1) is 135 Å². The number of carbonyl (C=O) groups excluding carboxylic acids is 3. The molecule has 0 radical (unpaired) electrons. The van der Waals surface area contributed by atoms with Gasteiger partial charge in [-0.25, -0.2) is 17.6 Å². The number of phenols is 1. The molecule has 90 heavy (non-hydrogen) atoms. The van der Waals surface area contributed by atoms with Crippen LogP contribution in [0.25, 0.3) is 0 Å². The Labute approximate surface area is 537 Å². The number of Topliss-reactive ketones (excluding diaryl/α,β-unsaturated/α-hetero) is 1. The van der Waals surface area contributed by atoms with Gasteiger partial charge in [-0.1, -0.05) is 111 Å². The Morgan fingerprint density at radius 3 is 1.30 bits per heavy atom. The molecule has 0 saturated heterocycles. The summed E-state index contributed by atoms with van der Waals surface area (Å²) in [5.41, 5.74) is -1.34. The summed E-state index contributed by atoms with van der Waals surface area (Å²) in [5, 5.41) is 34.6. The van der Waals surface area contributed by atoms with Gasteiger partial charge in [-0.3, -0.25) is 14.4 Å². The number of hydrogen-bond donors (Lipinski definition) is 2. The third-order valence-corrected chi connectivity index (χ3v) is 21.1. The number of nitriles is 2. The quantitative estimate of drug-likeness (QED) is 0.0626. The number of halogens is 4. The maximum atomic E-state index is 13.7. The second kappa shape index (κ2) is 41.3. The Morgan fingerprint density at radius 1 is 0.567 bits per heavy atom. The summed E-state index contributed by atoms with van der Waals surface area (Å²) in [7, 11) is 1.56. The molecule has 8 aliphatic rings. The molecule has 2 N–H and O–H groups in total. The molecule has 8 saturated carbocycles. The normalized spacial score (nSPS) is 29.4. The molecule has 2 aromatic rings. The molecule has 502 valence electrons. The van der Waals surface area contributed by atoms with E-state index in [0.29, 0.717) is 35.7 Å². The molecule has 8 aliphatic carbocycles. The number of ketones is 1. The second-order valence-electron chi connectivity index (χ2n) is 27.1. The van der Waals surface area contributed by atoms with Crippen molar-refractivity contribution < 1.29 is 81.8 Å². The molecule has 10 rings (SSSR count). The molecule has 0 aliphatic heterocycles. The summed E-state index contributed by atoms with van der Waals surface area (Å²) in [6.07, 6.45) is 41.8. The molecule has 0 heterocycles. The molecule has 15 atom stereocenters. The number of fused-ring (bicyclic) bond motifs is 4. The third-order valence-electron chi connectivity index (χ3n) is 21.1. The summed E-state index contributed by atoms with van der Waals surface area (Å²) in [5.74, 6) is 5.00. The van der Waals surface area contributed by atoms with Gasteiger partial charge in [-0.05, 0) is 187 Å². The van der Waals surface area contributed by atoms with Gasteiger partial charge in [0.2, 0.25) is 0 Å². The number of aldehydes is 1. The summed E-state index contributed by atoms with van der Waals surface area (Å²) >= 11 is -3.79. The van der Waals surface area contributed by atoms with Gasteiger partial charge in [0.25, 0.3) is 0 Å². The van der Waals surface area contributed by atoms with E-state index in [1.165, 1.54) is 185 Å². The van der Waals surface area contributed by atoms with Gasteiger partial charge in [-0.15, -0.1) is 0 Å². The molecule has 2 aromatic carbocycles. The average Bonchev–Trinajstić information content (AvgIpc) is 1.49. The SMILES string of the molecule is C=COC.CCCC1CCC2CC(=O)CCC2C1.CCCC1CCC2CC(C(=O)O)CCC2C1.CCCC1CCC2CC(C(=O)Oc3cc(F)c(C#N)c(F)c3)CCC2C1.CCCC1CCC2CC(C=O)CCC2C1.N#Cc1c(F)cc(O)cc1F.[O]=[Cr](=[O])=[O]. The topological polar surface area (TPSA) is 226 Å². The molecule has 0 amide bonds. The predicted octanol–water partition coefficient (Wildman–Crippen LogP) is 18.4. The number of rotatable bonds is 13. The van der Waals surface area contributed by atoms with Crippen LogP contribution in [0.1, 0.15) is 244 Å². The fourth-order valence-corrected chi connectivity index (χ4v) is 16.6. The molecule has 15 unspecified atom stereocenters. The molecule has 13 nitrogen and oxygen atoms in total. The van der Waals surface area contributed by atoms with Crippen LogP contribution >= 0.6 is 0 Å². The number of carboxylic acid groups (broad SMARTS) is 1. The Bertz CT molecular complexity index is 2720. The van der Waals surface area contributed by atoms with E-state index in [1.54, 1.807) is 7.11 Å². The van der Waals surface area contributed by atoms with Crippen LogP contribution in [-0.4, -0.2) is 41.3 Å². The predicted molar refractivity (Wildman–Crippen MR) is 330 cm³/mol. The van der Waals surface area contributed by atoms with Crippen molar-refractivity contribution in [1.82, 2.24) is 0 Å². The van der Waals surface area contributed by atoms with Crippen molar-refractivity contribution in [2.75, 3.05) is 7.11 Å². The number of benzene rings is 2. The van der Waals surface area contributed by atoms with Crippen molar-refractivity contribution >= 4 is 24.0 Å². The first-order valence-corrected chi connectivity index (χ1v) is 35.5. The van der Waals surface area contributed by atoms with Crippen LogP contribution in [0.2, 0.25) is 0 Å². The van der Waals surface area contributed by atoms with Crippen molar-refractivity contribution in [3.63, 3.8) is 0 Å². The Kier molecular flexibility index (Phi) is 35.4. The first-order chi connectivity index (χ1) is 43.1. The number of carboxylic acids is 1. The Hall–Kier alpha value is -5.31. The van der Waals surface area contributed by atoms with Crippen LogP contribution in [0.3, 0.4) is 0 Å². The maximum absolute atomic E-state index is 13.7. The number of nitrogens with zero attached hydrogens (tertiary/aromatic N) is 2. The van der Waals surface area contributed by atoms with Gasteiger partial charge >= 0.3 is 37.3 Å². The zero-order valence-electron chi connectivity index (χ0n) is 54.3.